The molecule has 1 aliphatic rings. The fraction of sp³-hybridized carbons (Fsp3) is 0.471. The summed E-state index contributed by atoms with van der Waals surface area (Å²) >= 11 is 1.68. The van der Waals surface area contributed by atoms with Gasteiger partial charge in [0, 0.05) is 11.5 Å². The van der Waals surface area contributed by atoms with E-state index in [1.54, 1.807) is 30.8 Å². The van der Waals surface area contributed by atoms with E-state index < -0.39 is 24.0 Å². The fourth-order valence-electron chi connectivity index (χ4n) is 2.62. The molecule has 0 saturated heterocycles. The highest BCUT2D eigenvalue weighted by atomic mass is 32.2. The summed E-state index contributed by atoms with van der Waals surface area (Å²) < 4.78 is 10.5. The Balaban J connectivity index is 2.25. The van der Waals surface area contributed by atoms with Crippen LogP contribution in [0.25, 0.3) is 0 Å². The number of aliphatic imine (C=N–C) groups is 1. The zero-order valence-electron chi connectivity index (χ0n) is 14.4. The standard InChI is InChI=1S/C17H22N2O5S/c1-4-25-8-7-24-16(21)14-10(2)18-17(22)19-15(14)11-5-6-12(20)13(9-11)23-3/h5-6,9,14-15,20H,4,7-8H2,1-3H3,(H,19,22). The molecule has 2 atom stereocenters. The molecule has 2 unspecified atom stereocenters. The summed E-state index contributed by atoms with van der Waals surface area (Å²) in [6.45, 7) is 3.98. The Morgan fingerprint density at radius 3 is 2.88 bits per heavy atom. The first-order valence-corrected chi connectivity index (χ1v) is 9.10. The number of rotatable bonds is 7. The summed E-state index contributed by atoms with van der Waals surface area (Å²) in [7, 11) is 1.43. The Morgan fingerprint density at radius 1 is 1.44 bits per heavy atom. The third-order valence-electron chi connectivity index (χ3n) is 3.83. The number of nitrogens with zero attached hydrogens (tertiary/aromatic N) is 1. The summed E-state index contributed by atoms with van der Waals surface area (Å²) in [5, 5.41) is 12.4. The Bertz CT molecular complexity index is 677. The molecule has 2 rings (SSSR count). The van der Waals surface area contributed by atoms with Crippen LogP contribution in [0.3, 0.4) is 0 Å². The minimum Gasteiger partial charge on any atom is -0.504 e. The molecule has 136 valence electrons. The van der Waals surface area contributed by atoms with Crippen LogP contribution >= 0.6 is 11.8 Å². The van der Waals surface area contributed by atoms with Crippen molar-refractivity contribution in [3.05, 3.63) is 23.8 Å². The van der Waals surface area contributed by atoms with Crippen molar-refractivity contribution in [2.75, 3.05) is 25.2 Å². The number of carbonyl (C=O) groups excluding carboxylic acids is 2. The quantitative estimate of drug-likeness (QED) is 0.568. The van der Waals surface area contributed by atoms with Crippen molar-refractivity contribution in [2.45, 2.75) is 19.9 Å². The molecule has 0 fully saturated rings. The minimum absolute atomic E-state index is 0.0190. The Kier molecular flexibility index (Phi) is 6.69. The van der Waals surface area contributed by atoms with Gasteiger partial charge < -0.3 is 19.9 Å². The van der Waals surface area contributed by atoms with E-state index in [2.05, 4.69) is 10.3 Å². The van der Waals surface area contributed by atoms with E-state index >= 15 is 0 Å². The predicted molar refractivity (Wildman–Crippen MR) is 96.5 cm³/mol. The molecule has 2 amide bonds. The van der Waals surface area contributed by atoms with E-state index in [4.69, 9.17) is 9.47 Å². The lowest BCUT2D eigenvalue weighted by Gasteiger charge is -2.30. The number of nitrogens with one attached hydrogen (secondary N) is 1. The number of esters is 1. The van der Waals surface area contributed by atoms with Gasteiger partial charge in [0.05, 0.1) is 13.2 Å². The highest BCUT2D eigenvalue weighted by Crippen LogP contribution is 2.34. The van der Waals surface area contributed by atoms with E-state index in [-0.39, 0.29) is 11.5 Å². The van der Waals surface area contributed by atoms with Crippen molar-refractivity contribution in [3.8, 4) is 11.5 Å². The number of hydrogen-bond donors (Lipinski definition) is 2. The molecule has 1 heterocycles. The van der Waals surface area contributed by atoms with E-state index in [9.17, 15) is 14.7 Å². The van der Waals surface area contributed by atoms with E-state index in [0.29, 0.717) is 17.9 Å². The van der Waals surface area contributed by atoms with Gasteiger partial charge in [0.25, 0.3) is 0 Å². The first-order chi connectivity index (χ1) is 12.0. The maximum absolute atomic E-state index is 12.5. The highest BCUT2D eigenvalue weighted by Gasteiger charge is 2.38. The molecule has 0 radical (unpaired) electrons. The van der Waals surface area contributed by atoms with Crippen LogP contribution in [0.1, 0.15) is 25.5 Å². The largest absolute Gasteiger partial charge is 0.504 e. The summed E-state index contributed by atoms with van der Waals surface area (Å²) in [5.74, 6) is 0.754. The molecule has 1 aliphatic heterocycles. The van der Waals surface area contributed by atoms with E-state index in [1.165, 1.54) is 13.2 Å². The summed E-state index contributed by atoms with van der Waals surface area (Å²) in [4.78, 5) is 28.2. The Labute approximate surface area is 150 Å². The van der Waals surface area contributed by atoms with Gasteiger partial charge in [-0.3, -0.25) is 4.79 Å². The molecule has 8 heteroatoms. The third-order valence-corrected chi connectivity index (χ3v) is 4.70. The number of ether oxygens (including phenoxy) is 2. The van der Waals surface area contributed by atoms with Gasteiger partial charge in [-0.05, 0) is 30.4 Å². The predicted octanol–water partition coefficient (Wildman–Crippen LogP) is 2.54. The fourth-order valence-corrected chi connectivity index (χ4v) is 3.11. The van der Waals surface area contributed by atoms with Gasteiger partial charge in [-0.25, -0.2) is 9.79 Å². The third kappa shape index (κ3) is 4.66. The van der Waals surface area contributed by atoms with Crippen LogP contribution in [-0.2, 0) is 9.53 Å². The lowest BCUT2D eigenvalue weighted by Crippen LogP contribution is -2.44. The lowest BCUT2D eigenvalue weighted by molar-refractivity contribution is -0.146. The number of phenolic OH excluding ortho intramolecular Hbond substituents is 1. The number of amides is 2. The van der Waals surface area contributed by atoms with E-state index in [0.717, 1.165) is 11.5 Å². The molecule has 0 spiro atoms. The number of hydrogen-bond acceptors (Lipinski definition) is 6. The van der Waals surface area contributed by atoms with Crippen LogP contribution in [0, 0.1) is 5.92 Å². The molecule has 1 aromatic carbocycles. The van der Waals surface area contributed by atoms with Crippen LogP contribution in [0.4, 0.5) is 4.79 Å². The molecule has 2 N–H and O–H groups in total. The SMILES string of the molecule is CCSCCOC(=O)C1C(C)=NC(=O)NC1c1ccc(O)c(OC)c1. The molecule has 1 aromatic rings. The zero-order chi connectivity index (χ0) is 18.4. The molecule has 0 saturated carbocycles. The molecular formula is C17H22N2O5S. The van der Waals surface area contributed by atoms with Crippen molar-refractivity contribution >= 4 is 29.5 Å². The van der Waals surface area contributed by atoms with Gasteiger partial charge >= 0.3 is 12.0 Å². The average Bonchev–Trinajstić information content (AvgIpc) is 2.58. The number of aromatic hydroxyl groups is 1. The number of benzene rings is 1. The van der Waals surface area contributed by atoms with Gasteiger partial charge in [0.15, 0.2) is 11.5 Å². The van der Waals surface area contributed by atoms with Gasteiger partial charge in [-0.15, -0.1) is 0 Å². The second-order valence-corrected chi connectivity index (χ2v) is 6.85. The first-order valence-electron chi connectivity index (χ1n) is 7.94. The van der Waals surface area contributed by atoms with Crippen molar-refractivity contribution in [1.82, 2.24) is 5.32 Å². The van der Waals surface area contributed by atoms with Crippen LogP contribution in [0.2, 0.25) is 0 Å². The van der Waals surface area contributed by atoms with Gasteiger partial charge in [-0.2, -0.15) is 11.8 Å². The number of carbonyl (C=O) groups is 2. The molecular weight excluding hydrogens is 344 g/mol. The number of methoxy groups -OCH3 is 1. The minimum atomic E-state index is -0.724. The summed E-state index contributed by atoms with van der Waals surface area (Å²) in [6, 6.07) is 3.54. The second-order valence-electron chi connectivity index (χ2n) is 5.45. The molecule has 0 aromatic heterocycles. The summed E-state index contributed by atoms with van der Waals surface area (Å²) in [5.41, 5.74) is 1.02. The summed E-state index contributed by atoms with van der Waals surface area (Å²) in [6.07, 6.45) is 0. The lowest BCUT2D eigenvalue weighted by atomic mass is 9.88. The number of urea groups is 1. The Morgan fingerprint density at radius 2 is 2.20 bits per heavy atom. The topological polar surface area (TPSA) is 97.2 Å². The van der Waals surface area contributed by atoms with Crippen molar-refractivity contribution in [1.29, 1.82) is 0 Å². The zero-order valence-corrected chi connectivity index (χ0v) is 15.3. The van der Waals surface area contributed by atoms with Gasteiger partial charge in [0.1, 0.15) is 12.5 Å². The Hall–Kier alpha value is -2.22. The maximum Gasteiger partial charge on any atom is 0.341 e. The average molecular weight is 366 g/mol. The number of thioether (sulfide) groups is 1. The molecule has 7 nitrogen and oxygen atoms in total. The van der Waals surface area contributed by atoms with Crippen LogP contribution in [0.15, 0.2) is 23.2 Å². The second kappa shape index (κ2) is 8.75. The smallest absolute Gasteiger partial charge is 0.341 e. The number of phenols is 1. The molecule has 25 heavy (non-hydrogen) atoms. The monoisotopic (exact) mass is 366 g/mol. The van der Waals surface area contributed by atoms with Crippen molar-refractivity contribution in [2.24, 2.45) is 10.9 Å². The van der Waals surface area contributed by atoms with E-state index in [1.807, 2.05) is 6.92 Å². The van der Waals surface area contributed by atoms with Crippen molar-refractivity contribution < 1.29 is 24.2 Å². The first kappa shape index (κ1) is 19.1. The maximum atomic E-state index is 12.5. The van der Waals surface area contributed by atoms with Crippen LogP contribution in [-0.4, -0.2) is 48.0 Å². The van der Waals surface area contributed by atoms with Gasteiger partial charge in [0.2, 0.25) is 0 Å². The van der Waals surface area contributed by atoms with Crippen LogP contribution < -0.4 is 10.1 Å². The van der Waals surface area contributed by atoms with Crippen molar-refractivity contribution in [3.63, 3.8) is 0 Å². The van der Waals surface area contributed by atoms with Gasteiger partial charge in [-0.1, -0.05) is 13.0 Å². The molecule has 0 aliphatic carbocycles. The normalized spacial score (nSPS) is 19.8. The molecule has 0 bridgehead atoms. The highest BCUT2D eigenvalue weighted by molar-refractivity contribution is 7.99. The van der Waals surface area contributed by atoms with Crippen LogP contribution in [0.5, 0.6) is 11.5 Å².